The fourth-order valence-corrected chi connectivity index (χ4v) is 1.41. The molecule has 0 aliphatic rings. The maximum absolute atomic E-state index is 5.48. The molecule has 0 aromatic carbocycles. The summed E-state index contributed by atoms with van der Waals surface area (Å²) in [6.45, 7) is 5.16. The van der Waals surface area contributed by atoms with Gasteiger partial charge in [0.05, 0.1) is 6.26 Å². The molecule has 6 heteroatoms. The normalized spacial score (nSPS) is 10.9. The highest BCUT2D eigenvalue weighted by Crippen LogP contribution is 2.01. The van der Waals surface area contributed by atoms with Gasteiger partial charge < -0.3 is 19.8 Å². The smallest absolute Gasteiger partial charge is 0.190 e. The second-order valence-corrected chi connectivity index (χ2v) is 3.91. The van der Waals surface area contributed by atoms with Crippen molar-refractivity contribution in [1.82, 2.24) is 10.6 Å². The number of aliphatic imine (C=N–C) groups is 1. The fraction of sp³-hybridized carbons (Fsp3) is 0.615. The minimum absolute atomic E-state index is 0. The molecule has 0 bridgehead atoms. The summed E-state index contributed by atoms with van der Waals surface area (Å²) >= 11 is 0. The minimum atomic E-state index is 0. The molecule has 110 valence electrons. The van der Waals surface area contributed by atoms with Crippen molar-refractivity contribution in [3.05, 3.63) is 24.2 Å². The van der Waals surface area contributed by atoms with Gasteiger partial charge in [0.2, 0.25) is 0 Å². The molecule has 0 fully saturated rings. The van der Waals surface area contributed by atoms with Crippen molar-refractivity contribution in [2.45, 2.75) is 26.4 Å². The largest absolute Gasteiger partial charge is 0.467 e. The minimum Gasteiger partial charge on any atom is -0.467 e. The summed E-state index contributed by atoms with van der Waals surface area (Å²) in [5, 5.41) is 6.45. The summed E-state index contributed by atoms with van der Waals surface area (Å²) < 4.78 is 10.7. The lowest BCUT2D eigenvalue weighted by atomic mass is 10.4. The molecule has 1 aromatic heterocycles. The first kappa shape index (κ1) is 18.2. The van der Waals surface area contributed by atoms with Crippen LogP contribution in [-0.2, 0) is 11.3 Å². The average molecular weight is 381 g/mol. The number of hydrogen-bond acceptors (Lipinski definition) is 3. The van der Waals surface area contributed by atoms with Crippen LogP contribution in [0.15, 0.2) is 27.8 Å². The molecule has 0 unspecified atom stereocenters. The molecule has 0 amide bonds. The maximum Gasteiger partial charge on any atom is 0.190 e. The molecule has 1 aromatic rings. The standard InChI is InChI=1S/C13H23N3O2.HI/c1-3-7-15-13(14-2)16-8-5-9-17-11-12-6-4-10-18-12;/h4,6,10H,3,5,7-9,11H2,1-2H3,(H2,14,15,16);1H. The molecule has 0 atom stereocenters. The van der Waals surface area contributed by atoms with Gasteiger partial charge in [-0.25, -0.2) is 0 Å². The molecule has 0 saturated carbocycles. The Bertz CT molecular complexity index is 329. The van der Waals surface area contributed by atoms with E-state index in [4.69, 9.17) is 9.15 Å². The van der Waals surface area contributed by atoms with Crippen LogP contribution in [0.1, 0.15) is 25.5 Å². The van der Waals surface area contributed by atoms with Crippen molar-refractivity contribution < 1.29 is 9.15 Å². The predicted octanol–water partition coefficient (Wildman–Crippen LogP) is 2.38. The second-order valence-electron chi connectivity index (χ2n) is 3.91. The quantitative estimate of drug-likeness (QED) is 0.314. The van der Waals surface area contributed by atoms with Gasteiger partial charge in [0.25, 0.3) is 0 Å². The van der Waals surface area contributed by atoms with E-state index in [1.807, 2.05) is 12.1 Å². The van der Waals surface area contributed by atoms with Crippen LogP contribution < -0.4 is 10.6 Å². The molecule has 2 N–H and O–H groups in total. The summed E-state index contributed by atoms with van der Waals surface area (Å²) in [6, 6.07) is 3.78. The van der Waals surface area contributed by atoms with Gasteiger partial charge in [-0.15, -0.1) is 24.0 Å². The molecule has 0 radical (unpaired) electrons. The van der Waals surface area contributed by atoms with Crippen molar-refractivity contribution >= 4 is 29.9 Å². The number of furan rings is 1. The highest BCUT2D eigenvalue weighted by molar-refractivity contribution is 14.0. The van der Waals surface area contributed by atoms with E-state index in [1.54, 1.807) is 13.3 Å². The van der Waals surface area contributed by atoms with E-state index in [-0.39, 0.29) is 24.0 Å². The number of rotatable bonds is 8. The zero-order chi connectivity index (χ0) is 13.1. The van der Waals surface area contributed by atoms with Crippen LogP contribution in [0.25, 0.3) is 0 Å². The van der Waals surface area contributed by atoms with Gasteiger partial charge >= 0.3 is 0 Å². The Morgan fingerprint density at radius 2 is 2.16 bits per heavy atom. The Balaban J connectivity index is 0.00000324. The number of nitrogens with zero attached hydrogens (tertiary/aromatic N) is 1. The second kappa shape index (κ2) is 12.3. The number of nitrogens with one attached hydrogen (secondary N) is 2. The van der Waals surface area contributed by atoms with Gasteiger partial charge in [0.1, 0.15) is 12.4 Å². The lowest BCUT2D eigenvalue weighted by molar-refractivity contribution is 0.105. The van der Waals surface area contributed by atoms with E-state index in [9.17, 15) is 0 Å². The summed E-state index contributed by atoms with van der Waals surface area (Å²) in [5.41, 5.74) is 0. The van der Waals surface area contributed by atoms with E-state index in [2.05, 4.69) is 22.5 Å². The van der Waals surface area contributed by atoms with Crippen LogP contribution in [0.2, 0.25) is 0 Å². The zero-order valence-electron chi connectivity index (χ0n) is 11.6. The molecule has 0 saturated heterocycles. The van der Waals surface area contributed by atoms with Crippen molar-refractivity contribution in [3.8, 4) is 0 Å². The summed E-state index contributed by atoms with van der Waals surface area (Å²) in [4.78, 5) is 4.12. The topological polar surface area (TPSA) is 58.8 Å². The van der Waals surface area contributed by atoms with Crippen molar-refractivity contribution in [3.63, 3.8) is 0 Å². The van der Waals surface area contributed by atoms with E-state index < -0.39 is 0 Å². The van der Waals surface area contributed by atoms with Crippen LogP contribution in [0, 0.1) is 0 Å². The van der Waals surface area contributed by atoms with Gasteiger partial charge in [-0.3, -0.25) is 4.99 Å². The molecule has 19 heavy (non-hydrogen) atoms. The summed E-state index contributed by atoms with van der Waals surface area (Å²) in [6.07, 6.45) is 3.68. The Morgan fingerprint density at radius 3 is 2.79 bits per heavy atom. The van der Waals surface area contributed by atoms with Crippen LogP contribution in [0.5, 0.6) is 0 Å². The first-order chi connectivity index (χ1) is 8.86. The lowest BCUT2D eigenvalue weighted by Crippen LogP contribution is -2.38. The molecule has 5 nitrogen and oxygen atoms in total. The van der Waals surface area contributed by atoms with Crippen molar-refractivity contribution in [2.24, 2.45) is 4.99 Å². The Labute approximate surface area is 132 Å². The molecule has 0 aliphatic carbocycles. The third kappa shape index (κ3) is 8.88. The Hall–Kier alpha value is -0.760. The highest BCUT2D eigenvalue weighted by Gasteiger charge is 1.97. The molecule has 0 aliphatic heterocycles. The highest BCUT2D eigenvalue weighted by atomic mass is 127. The van der Waals surface area contributed by atoms with E-state index in [1.165, 1.54) is 0 Å². The SMILES string of the molecule is CCCNC(=NC)NCCCOCc1ccco1.I. The van der Waals surface area contributed by atoms with Gasteiger partial charge in [-0.05, 0) is 25.0 Å². The number of guanidine groups is 1. The van der Waals surface area contributed by atoms with E-state index in [0.29, 0.717) is 13.2 Å². The summed E-state index contributed by atoms with van der Waals surface area (Å²) in [5.74, 6) is 1.71. The van der Waals surface area contributed by atoms with Crippen molar-refractivity contribution in [2.75, 3.05) is 26.7 Å². The zero-order valence-corrected chi connectivity index (χ0v) is 14.0. The van der Waals surface area contributed by atoms with Gasteiger partial charge in [0.15, 0.2) is 5.96 Å². The molecule has 1 heterocycles. The lowest BCUT2D eigenvalue weighted by Gasteiger charge is -2.10. The average Bonchev–Trinajstić information content (AvgIpc) is 2.90. The summed E-state index contributed by atoms with van der Waals surface area (Å²) in [7, 11) is 1.78. The molecule has 0 spiro atoms. The third-order valence-corrected chi connectivity index (χ3v) is 2.35. The monoisotopic (exact) mass is 381 g/mol. The van der Waals surface area contributed by atoms with Crippen LogP contribution in [-0.4, -0.2) is 32.7 Å². The number of hydrogen-bond donors (Lipinski definition) is 2. The van der Waals surface area contributed by atoms with Gasteiger partial charge in [0, 0.05) is 26.7 Å². The molecular formula is C13H24IN3O2. The molecule has 1 rings (SSSR count). The van der Waals surface area contributed by atoms with E-state index in [0.717, 1.165) is 37.7 Å². The first-order valence-electron chi connectivity index (χ1n) is 6.41. The number of halogens is 1. The first-order valence-corrected chi connectivity index (χ1v) is 6.41. The predicted molar refractivity (Wildman–Crippen MR) is 88.1 cm³/mol. The van der Waals surface area contributed by atoms with E-state index >= 15 is 0 Å². The maximum atomic E-state index is 5.48. The Kier molecular flexibility index (Phi) is 11.8. The van der Waals surface area contributed by atoms with Gasteiger partial charge in [-0.2, -0.15) is 0 Å². The number of ether oxygens (including phenoxy) is 1. The van der Waals surface area contributed by atoms with Crippen molar-refractivity contribution in [1.29, 1.82) is 0 Å². The van der Waals surface area contributed by atoms with Crippen LogP contribution in [0.3, 0.4) is 0 Å². The van der Waals surface area contributed by atoms with Crippen LogP contribution in [0.4, 0.5) is 0 Å². The van der Waals surface area contributed by atoms with Gasteiger partial charge in [-0.1, -0.05) is 6.92 Å². The third-order valence-electron chi connectivity index (χ3n) is 2.35. The Morgan fingerprint density at radius 1 is 1.37 bits per heavy atom. The van der Waals surface area contributed by atoms with Crippen LogP contribution >= 0.6 is 24.0 Å². The fourth-order valence-electron chi connectivity index (χ4n) is 1.41. The molecular weight excluding hydrogens is 357 g/mol.